The van der Waals surface area contributed by atoms with Crippen LogP contribution in [-0.2, 0) is 4.79 Å². The maximum Gasteiger partial charge on any atom is 0.341 e. The van der Waals surface area contributed by atoms with Crippen molar-refractivity contribution in [1.82, 2.24) is 5.43 Å². The molecule has 1 amide bonds. The molecular formula is C19H13Br3N2O6. The van der Waals surface area contributed by atoms with Gasteiger partial charge in [0.25, 0.3) is 0 Å². The fraction of sp³-hybridized carbons (Fsp3) is 0.105. The van der Waals surface area contributed by atoms with Crippen LogP contribution in [0.5, 0.6) is 11.5 Å². The molecule has 3 rings (SSSR count). The van der Waals surface area contributed by atoms with E-state index in [4.69, 9.17) is 19.0 Å². The predicted molar refractivity (Wildman–Crippen MR) is 120 cm³/mol. The monoisotopic (exact) mass is 602 g/mol. The van der Waals surface area contributed by atoms with Crippen molar-refractivity contribution in [3.05, 3.63) is 55.1 Å². The SMILES string of the molecule is COc1cc(/C=N\NC(=O)c2cc3cc(Br)cc(Br)c3o2)cc(Br)c1OCC(=O)O. The van der Waals surface area contributed by atoms with E-state index < -0.39 is 18.5 Å². The first-order valence-corrected chi connectivity index (χ1v) is 10.6. The molecule has 156 valence electrons. The molecule has 3 aromatic rings. The Morgan fingerprint density at radius 3 is 2.63 bits per heavy atom. The van der Waals surface area contributed by atoms with E-state index in [0.717, 1.165) is 14.3 Å². The van der Waals surface area contributed by atoms with E-state index in [2.05, 4.69) is 58.3 Å². The number of rotatable bonds is 7. The molecular weight excluding hydrogens is 592 g/mol. The van der Waals surface area contributed by atoms with Gasteiger partial charge in [0.1, 0.15) is 5.58 Å². The number of carboxylic acids is 1. The van der Waals surface area contributed by atoms with Gasteiger partial charge >= 0.3 is 11.9 Å². The number of carboxylic acid groups (broad SMARTS) is 1. The average molecular weight is 605 g/mol. The van der Waals surface area contributed by atoms with Crippen LogP contribution in [0.25, 0.3) is 11.0 Å². The van der Waals surface area contributed by atoms with Crippen molar-refractivity contribution in [1.29, 1.82) is 0 Å². The van der Waals surface area contributed by atoms with E-state index in [1.54, 1.807) is 18.2 Å². The van der Waals surface area contributed by atoms with Crippen molar-refractivity contribution in [2.24, 2.45) is 5.10 Å². The van der Waals surface area contributed by atoms with Crippen LogP contribution in [0.1, 0.15) is 16.1 Å². The van der Waals surface area contributed by atoms with E-state index in [1.807, 2.05) is 12.1 Å². The van der Waals surface area contributed by atoms with Crippen LogP contribution in [0.3, 0.4) is 0 Å². The van der Waals surface area contributed by atoms with E-state index in [1.165, 1.54) is 13.3 Å². The number of benzene rings is 2. The largest absolute Gasteiger partial charge is 0.493 e. The first-order chi connectivity index (χ1) is 14.3. The zero-order chi connectivity index (χ0) is 21.8. The molecule has 8 nitrogen and oxygen atoms in total. The smallest absolute Gasteiger partial charge is 0.341 e. The van der Waals surface area contributed by atoms with Crippen LogP contribution >= 0.6 is 47.8 Å². The number of aliphatic carboxylic acids is 1. The van der Waals surface area contributed by atoms with Crippen molar-refractivity contribution in [2.75, 3.05) is 13.7 Å². The Bertz CT molecular complexity index is 1160. The van der Waals surface area contributed by atoms with Gasteiger partial charge in [-0.2, -0.15) is 5.10 Å². The number of hydrogen-bond acceptors (Lipinski definition) is 6. The molecule has 0 radical (unpaired) electrons. The Hall–Kier alpha value is -2.37. The third-order valence-electron chi connectivity index (χ3n) is 3.73. The maximum atomic E-state index is 12.3. The first kappa shape index (κ1) is 22.3. The molecule has 0 aliphatic rings. The van der Waals surface area contributed by atoms with Gasteiger partial charge in [0.05, 0.1) is 22.3 Å². The minimum Gasteiger partial charge on any atom is -0.493 e. The average Bonchev–Trinajstić information content (AvgIpc) is 3.11. The number of halogens is 3. The lowest BCUT2D eigenvalue weighted by molar-refractivity contribution is -0.139. The third kappa shape index (κ3) is 5.21. The number of amides is 1. The maximum absolute atomic E-state index is 12.3. The topological polar surface area (TPSA) is 110 Å². The number of ether oxygens (including phenoxy) is 2. The number of nitrogens with zero attached hydrogens (tertiary/aromatic N) is 1. The highest BCUT2D eigenvalue weighted by molar-refractivity contribution is 9.11. The van der Waals surface area contributed by atoms with Gasteiger partial charge in [-0.1, -0.05) is 15.9 Å². The molecule has 1 aromatic heterocycles. The zero-order valence-electron chi connectivity index (χ0n) is 15.2. The van der Waals surface area contributed by atoms with Crippen molar-refractivity contribution in [2.45, 2.75) is 0 Å². The molecule has 11 heteroatoms. The van der Waals surface area contributed by atoms with E-state index >= 15 is 0 Å². The van der Waals surface area contributed by atoms with Crippen molar-refractivity contribution >= 4 is 76.9 Å². The summed E-state index contributed by atoms with van der Waals surface area (Å²) in [6.45, 7) is -0.511. The standard InChI is InChI=1S/C19H13Br3N2O6/c1-28-14-3-9(2-12(21)18(14)29-8-16(25)26)7-23-24-19(27)15-5-10-4-11(20)6-13(22)17(10)30-15/h2-7H,8H2,1H3,(H,24,27)(H,25,26)/b23-7-. The number of carbonyl (C=O) groups is 2. The van der Waals surface area contributed by atoms with Crippen molar-refractivity contribution in [3.63, 3.8) is 0 Å². The lowest BCUT2D eigenvalue weighted by atomic mass is 10.2. The number of hydrogen-bond donors (Lipinski definition) is 2. The Morgan fingerprint density at radius 2 is 1.93 bits per heavy atom. The number of nitrogens with one attached hydrogen (secondary N) is 1. The molecule has 2 N–H and O–H groups in total. The third-order valence-corrected chi connectivity index (χ3v) is 5.37. The van der Waals surface area contributed by atoms with Gasteiger partial charge in [0, 0.05) is 9.86 Å². The van der Waals surface area contributed by atoms with Gasteiger partial charge in [0.2, 0.25) is 0 Å². The van der Waals surface area contributed by atoms with Gasteiger partial charge in [-0.25, -0.2) is 10.2 Å². The molecule has 30 heavy (non-hydrogen) atoms. The summed E-state index contributed by atoms with van der Waals surface area (Å²) in [7, 11) is 1.43. The minimum atomic E-state index is -1.11. The molecule has 1 heterocycles. The van der Waals surface area contributed by atoms with Gasteiger partial charge in [-0.05, 0) is 67.8 Å². The Morgan fingerprint density at radius 1 is 1.17 bits per heavy atom. The highest BCUT2D eigenvalue weighted by Crippen LogP contribution is 2.36. The number of hydrazone groups is 1. The Labute approximate surface area is 195 Å². The summed E-state index contributed by atoms with van der Waals surface area (Å²) >= 11 is 10.1. The molecule has 2 aromatic carbocycles. The van der Waals surface area contributed by atoms with Crippen LogP contribution < -0.4 is 14.9 Å². The van der Waals surface area contributed by atoms with Gasteiger partial charge < -0.3 is 19.0 Å². The summed E-state index contributed by atoms with van der Waals surface area (Å²) in [4.78, 5) is 23.0. The van der Waals surface area contributed by atoms with Crippen LogP contribution in [0.15, 0.2) is 53.3 Å². The van der Waals surface area contributed by atoms with Crippen LogP contribution in [-0.4, -0.2) is 36.9 Å². The second-order valence-electron chi connectivity index (χ2n) is 5.83. The number of methoxy groups -OCH3 is 1. The quantitative estimate of drug-likeness (QED) is 0.292. The summed E-state index contributed by atoms with van der Waals surface area (Å²) in [5, 5.41) is 13.5. The van der Waals surface area contributed by atoms with Gasteiger partial charge in [-0.3, -0.25) is 4.79 Å². The first-order valence-electron chi connectivity index (χ1n) is 8.22. The number of carbonyl (C=O) groups excluding carboxylic acids is 1. The summed E-state index contributed by atoms with van der Waals surface area (Å²) in [5.74, 6) is -0.955. The summed E-state index contributed by atoms with van der Waals surface area (Å²) < 4.78 is 18.1. The molecule has 0 spiro atoms. The highest BCUT2D eigenvalue weighted by Gasteiger charge is 2.15. The van der Waals surface area contributed by atoms with E-state index in [0.29, 0.717) is 21.4 Å². The van der Waals surface area contributed by atoms with Crippen molar-refractivity contribution < 1.29 is 28.6 Å². The molecule has 0 saturated heterocycles. The molecule has 0 atom stereocenters. The molecule has 0 fully saturated rings. The minimum absolute atomic E-state index is 0.108. The molecule has 0 unspecified atom stereocenters. The predicted octanol–water partition coefficient (Wildman–Crippen LogP) is 4.96. The summed E-state index contributed by atoms with van der Waals surface area (Å²) in [5.41, 5.74) is 3.53. The molecule has 0 saturated carbocycles. The Balaban J connectivity index is 1.74. The summed E-state index contributed by atoms with van der Waals surface area (Å²) in [6.07, 6.45) is 1.40. The second kappa shape index (κ2) is 9.63. The fourth-order valence-corrected chi connectivity index (χ4v) is 4.41. The second-order valence-corrected chi connectivity index (χ2v) is 8.46. The highest BCUT2D eigenvalue weighted by atomic mass is 79.9. The molecule has 0 aliphatic heterocycles. The zero-order valence-corrected chi connectivity index (χ0v) is 20.0. The van der Waals surface area contributed by atoms with Gasteiger partial charge in [-0.15, -0.1) is 0 Å². The van der Waals surface area contributed by atoms with E-state index in [-0.39, 0.29) is 11.5 Å². The number of furan rings is 1. The molecule has 0 aliphatic carbocycles. The lowest BCUT2D eigenvalue weighted by Crippen LogP contribution is -2.16. The van der Waals surface area contributed by atoms with Crippen molar-refractivity contribution in [3.8, 4) is 11.5 Å². The summed E-state index contributed by atoms with van der Waals surface area (Å²) in [6, 6.07) is 8.50. The van der Waals surface area contributed by atoms with E-state index in [9.17, 15) is 9.59 Å². The number of fused-ring (bicyclic) bond motifs is 1. The molecule has 0 bridgehead atoms. The van der Waals surface area contributed by atoms with Crippen LogP contribution in [0.2, 0.25) is 0 Å². The van der Waals surface area contributed by atoms with Gasteiger partial charge in [0.15, 0.2) is 23.9 Å². The fourth-order valence-electron chi connectivity index (χ4n) is 2.50. The Kier molecular flexibility index (Phi) is 7.16. The van der Waals surface area contributed by atoms with Crippen LogP contribution in [0, 0.1) is 0 Å². The normalized spacial score (nSPS) is 11.1. The van der Waals surface area contributed by atoms with Crippen LogP contribution in [0.4, 0.5) is 0 Å². The lowest BCUT2D eigenvalue weighted by Gasteiger charge is -2.12.